The zero-order valence-corrected chi connectivity index (χ0v) is 10.3. The predicted molar refractivity (Wildman–Crippen MR) is 66.4 cm³/mol. The van der Waals surface area contributed by atoms with Gasteiger partial charge in [-0.05, 0) is 24.8 Å². The largest absolute Gasteiger partial charge is 0.380 e. The van der Waals surface area contributed by atoms with Gasteiger partial charge in [-0.3, -0.25) is 0 Å². The van der Waals surface area contributed by atoms with Crippen molar-refractivity contribution in [2.75, 3.05) is 19.8 Å². The van der Waals surface area contributed by atoms with E-state index in [1.54, 1.807) is 12.1 Å². The summed E-state index contributed by atoms with van der Waals surface area (Å²) < 4.78 is 19.1. The molecule has 0 radical (unpaired) electrons. The van der Waals surface area contributed by atoms with Crippen LogP contribution in [0.1, 0.15) is 24.0 Å². The summed E-state index contributed by atoms with van der Waals surface area (Å²) in [5.41, 5.74) is 0.621. The third kappa shape index (κ3) is 3.80. The second kappa shape index (κ2) is 6.48. The summed E-state index contributed by atoms with van der Waals surface area (Å²) in [6.07, 6.45) is 2.58. The van der Waals surface area contributed by atoms with Crippen molar-refractivity contribution >= 4 is 0 Å². The molecule has 0 spiro atoms. The molecule has 1 saturated carbocycles. The van der Waals surface area contributed by atoms with Crippen LogP contribution in [0.25, 0.3) is 0 Å². The van der Waals surface area contributed by atoms with Gasteiger partial charge < -0.3 is 10.1 Å². The maximum Gasteiger partial charge on any atom is 0.145 e. The summed E-state index contributed by atoms with van der Waals surface area (Å²) >= 11 is 0. The minimum Gasteiger partial charge on any atom is -0.380 e. The number of halogens is 1. The molecule has 0 aromatic heterocycles. The molecule has 0 atom stereocenters. The van der Waals surface area contributed by atoms with Crippen molar-refractivity contribution < 1.29 is 9.13 Å². The molecule has 0 saturated heterocycles. The Morgan fingerprint density at radius 2 is 2.28 bits per heavy atom. The average molecular weight is 248 g/mol. The molecular formula is C14H17FN2O. The van der Waals surface area contributed by atoms with Crippen LogP contribution in [-0.4, -0.2) is 19.8 Å². The molecule has 0 heterocycles. The van der Waals surface area contributed by atoms with Crippen LogP contribution in [0.15, 0.2) is 18.2 Å². The highest BCUT2D eigenvalue weighted by Gasteiger charge is 2.20. The summed E-state index contributed by atoms with van der Waals surface area (Å²) in [6.45, 7) is 2.62. The van der Waals surface area contributed by atoms with Gasteiger partial charge in [0.2, 0.25) is 0 Å². The van der Waals surface area contributed by atoms with E-state index in [0.29, 0.717) is 25.3 Å². The summed E-state index contributed by atoms with van der Waals surface area (Å²) in [6, 6.07) is 6.71. The minimum absolute atomic E-state index is 0.0966. The van der Waals surface area contributed by atoms with Gasteiger partial charge in [-0.25, -0.2) is 4.39 Å². The molecule has 0 bridgehead atoms. The lowest BCUT2D eigenvalue weighted by atomic mass is 10.1. The van der Waals surface area contributed by atoms with E-state index in [-0.39, 0.29) is 5.56 Å². The Kier molecular flexibility index (Phi) is 4.68. The lowest BCUT2D eigenvalue weighted by molar-refractivity contribution is 0.126. The Hall–Kier alpha value is -1.44. The quantitative estimate of drug-likeness (QED) is 0.752. The molecule has 3 nitrogen and oxygen atoms in total. The smallest absolute Gasteiger partial charge is 0.145 e. The van der Waals surface area contributed by atoms with Crippen molar-refractivity contribution in [3.8, 4) is 6.07 Å². The van der Waals surface area contributed by atoms with Crippen LogP contribution in [-0.2, 0) is 11.3 Å². The molecule has 1 aliphatic carbocycles. The van der Waals surface area contributed by atoms with E-state index < -0.39 is 5.82 Å². The van der Waals surface area contributed by atoms with Crippen molar-refractivity contribution in [3.05, 3.63) is 35.1 Å². The van der Waals surface area contributed by atoms with Gasteiger partial charge >= 0.3 is 0 Å². The first-order valence-corrected chi connectivity index (χ1v) is 6.27. The average Bonchev–Trinajstić information content (AvgIpc) is 3.19. The van der Waals surface area contributed by atoms with Crippen LogP contribution in [0.2, 0.25) is 0 Å². The maximum absolute atomic E-state index is 13.7. The van der Waals surface area contributed by atoms with Crippen molar-refractivity contribution in [2.24, 2.45) is 5.92 Å². The Bertz CT molecular complexity index is 438. The lowest BCUT2D eigenvalue weighted by Crippen LogP contribution is -2.20. The molecular weight excluding hydrogens is 231 g/mol. The second-order valence-corrected chi connectivity index (χ2v) is 4.59. The minimum atomic E-state index is -0.425. The molecule has 1 aliphatic rings. The number of nitriles is 1. The van der Waals surface area contributed by atoms with E-state index in [1.165, 1.54) is 18.9 Å². The van der Waals surface area contributed by atoms with Crippen molar-refractivity contribution in [2.45, 2.75) is 19.4 Å². The predicted octanol–water partition coefficient (Wildman–Crippen LogP) is 2.21. The number of hydrogen-bond donors (Lipinski definition) is 1. The molecule has 0 aliphatic heterocycles. The maximum atomic E-state index is 13.7. The molecule has 0 amide bonds. The number of nitrogens with zero attached hydrogens (tertiary/aromatic N) is 1. The van der Waals surface area contributed by atoms with Gasteiger partial charge in [0, 0.05) is 25.3 Å². The van der Waals surface area contributed by atoms with Crippen molar-refractivity contribution in [1.29, 1.82) is 5.26 Å². The first kappa shape index (κ1) is 13.0. The fraction of sp³-hybridized carbons (Fsp3) is 0.500. The highest BCUT2D eigenvalue weighted by molar-refractivity contribution is 5.34. The third-order valence-corrected chi connectivity index (χ3v) is 2.99. The third-order valence-electron chi connectivity index (χ3n) is 2.99. The number of nitrogens with one attached hydrogen (secondary N) is 1. The fourth-order valence-corrected chi connectivity index (χ4v) is 1.70. The Labute approximate surface area is 107 Å². The van der Waals surface area contributed by atoms with Crippen molar-refractivity contribution in [1.82, 2.24) is 5.32 Å². The van der Waals surface area contributed by atoms with Gasteiger partial charge in [-0.2, -0.15) is 5.26 Å². The summed E-state index contributed by atoms with van der Waals surface area (Å²) in [5.74, 6) is 0.348. The van der Waals surface area contributed by atoms with Crippen LogP contribution >= 0.6 is 0 Å². The molecule has 4 heteroatoms. The molecule has 18 heavy (non-hydrogen) atoms. The zero-order valence-electron chi connectivity index (χ0n) is 10.3. The van der Waals surface area contributed by atoms with Gasteiger partial charge in [0.15, 0.2) is 0 Å². The molecule has 1 aromatic carbocycles. The second-order valence-electron chi connectivity index (χ2n) is 4.59. The molecule has 96 valence electrons. The molecule has 1 fully saturated rings. The zero-order chi connectivity index (χ0) is 12.8. The Morgan fingerprint density at radius 1 is 1.44 bits per heavy atom. The number of benzene rings is 1. The molecule has 2 rings (SSSR count). The van der Waals surface area contributed by atoms with E-state index in [0.717, 1.165) is 12.5 Å². The number of rotatable bonds is 7. The van der Waals surface area contributed by atoms with E-state index in [1.807, 2.05) is 6.07 Å². The molecule has 0 unspecified atom stereocenters. The van der Waals surface area contributed by atoms with Gasteiger partial charge in [0.05, 0.1) is 12.2 Å². The normalized spacial score (nSPS) is 14.4. The highest BCUT2D eigenvalue weighted by atomic mass is 19.1. The summed E-state index contributed by atoms with van der Waals surface area (Å²) in [5, 5.41) is 11.8. The van der Waals surface area contributed by atoms with Crippen LogP contribution in [0.4, 0.5) is 4.39 Å². The van der Waals surface area contributed by atoms with E-state index in [4.69, 9.17) is 10.00 Å². The van der Waals surface area contributed by atoms with Crippen LogP contribution in [0, 0.1) is 23.1 Å². The van der Waals surface area contributed by atoms with Gasteiger partial charge in [0.1, 0.15) is 11.9 Å². The van der Waals surface area contributed by atoms with Crippen molar-refractivity contribution in [3.63, 3.8) is 0 Å². The van der Waals surface area contributed by atoms with Gasteiger partial charge in [-0.15, -0.1) is 0 Å². The Morgan fingerprint density at radius 3 is 3.00 bits per heavy atom. The standard InChI is InChI=1S/C14H17FN2O/c15-14-12(8-16)2-1-3-13(14)9-17-6-7-18-10-11-4-5-11/h1-3,11,17H,4-7,9-10H2. The van der Waals surface area contributed by atoms with Crippen LogP contribution < -0.4 is 5.32 Å². The van der Waals surface area contributed by atoms with E-state index in [9.17, 15) is 4.39 Å². The van der Waals surface area contributed by atoms with Gasteiger partial charge in [-0.1, -0.05) is 12.1 Å². The molecule has 1 N–H and O–H groups in total. The SMILES string of the molecule is N#Cc1cccc(CNCCOCC2CC2)c1F. The summed E-state index contributed by atoms with van der Waals surface area (Å²) in [7, 11) is 0. The number of ether oxygens (including phenoxy) is 1. The first-order chi connectivity index (χ1) is 8.81. The topological polar surface area (TPSA) is 45.0 Å². The monoisotopic (exact) mass is 248 g/mol. The fourth-order valence-electron chi connectivity index (χ4n) is 1.70. The van der Waals surface area contributed by atoms with E-state index in [2.05, 4.69) is 5.32 Å². The van der Waals surface area contributed by atoms with Crippen LogP contribution in [0.3, 0.4) is 0 Å². The van der Waals surface area contributed by atoms with E-state index >= 15 is 0 Å². The first-order valence-electron chi connectivity index (χ1n) is 6.27. The number of hydrogen-bond acceptors (Lipinski definition) is 3. The Balaban J connectivity index is 1.67. The van der Waals surface area contributed by atoms with Gasteiger partial charge in [0.25, 0.3) is 0 Å². The lowest BCUT2D eigenvalue weighted by Gasteiger charge is -2.07. The van der Waals surface area contributed by atoms with Crippen LogP contribution in [0.5, 0.6) is 0 Å². The highest BCUT2D eigenvalue weighted by Crippen LogP contribution is 2.28. The molecule has 1 aromatic rings. The summed E-state index contributed by atoms with van der Waals surface area (Å²) in [4.78, 5) is 0.